The lowest BCUT2D eigenvalue weighted by Crippen LogP contribution is -2.15. The van der Waals surface area contributed by atoms with Crippen molar-refractivity contribution in [2.24, 2.45) is 47.3 Å². The minimum atomic E-state index is -2.29. The maximum Gasteiger partial charge on any atom is 0.0316 e. The summed E-state index contributed by atoms with van der Waals surface area (Å²) in [5.41, 5.74) is 10.3. The fraction of sp³-hybridized carbons (Fsp3) is 0.676. The van der Waals surface area contributed by atoms with E-state index in [1.807, 2.05) is 0 Å². The number of aryl methyl sites for hydroxylation is 12. The van der Waals surface area contributed by atoms with Crippen LogP contribution in [0.15, 0.2) is 146 Å². The fourth-order valence-corrected chi connectivity index (χ4v) is 15.8. The third kappa shape index (κ3) is 52.5. The van der Waals surface area contributed by atoms with E-state index in [2.05, 4.69) is 156 Å². The Bertz CT molecular complexity index is 4030. The van der Waals surface area contributed by atoms with Gasteiger partial charge in [-0.05, 0) is 217 Å². The fourth-order valence-electron chi connectivity index (χ4n) is 15.8. The second-order valence-electron chi connectivity index (χ2n) is 31.0. The average molecular weight is 1550 g/mol. The molecule has 0 N–H and O–H groups in total. The summed E-state index contributed by atoms with van der Waals surface area (Å²) in [7, 11) is 0. The summed E-state index contributed by atoms with van der Waals surface area (Å²) in [5, 5.41) is 0. The standard InChI is InChI=1S/2C12H24.2C12H18.C11H22.2C11H16.C10H20.2C10H14/c4*1-3-6-11-8-5-9-12(10-11)7-4-2;3*1-3-6-11-8-5-7-10(4-2)9-11;3*1-3-9-6-5-7-10(4-2)8-9/h2*11-12H,3-10H2,1-2H3;2*5,8-10H,3-4,6-7H2,1-2H3;10-11H,3-9H2,1-2H3;2*5,7-9H,3-4,6H2,1-2H3;9-10H,3-8H2,1-2H3;2*5-8H,3-4H2,1-2H3/i3D2,4D2,6D2,7D2;;3D2,4D2,6D2,7D2;;;3D2,4D2,6D2;;;3D2,4D2;. The molecule has 630 valence electrons. The minimum absolute atomic E-state index is 0.00405. The quantitative estimate of drug-likeness (QED) is 0.0407. The van der Waals surface area contributed by atoms with Gasteiger partial charge in [-0.25, -0.2) is 0 Å². The van der Waals surface area contributed by atoms with Crippen LogP contribution in [0.1, 0.15) is 465 Å². The highest BCUT2D eigenvalue weighted by Crippen LogP contribution is 2.37. The van der Waals surface area contributed by atoms with E-state index in [0.717, 1.165) is 68.6 Å². The van der Waals surface area contributed by atoms with Gasteiger partial charge in [0.15, 0.2) is 0 Å². The third-order valence-electron chi connectivity index (χ3n) is 21.9. The van der Waals surface area contributed by atoms with E-state index >= 15 is 0 Å². The van der Waals surface area contributed by atoms with Crippen molar-refractivity contribution in [3.05, 3.63) is 212 Å². The molecule has 6 aromatic rings. The SMILES string of the molecule is CCC1CCCC(CC)C1.CCCC1CCCC(CC)C1.CCCC1CCCC(CCC)C1.CCCc1cccc(CC)c1.CCCc1cccc(CCC)c1.CCc1cccc(CC)c1.[2H]C([2H])(C)C([2H])([2H])C1CCCC(C([2H])([2H])C([2H])([2H])C)C1.[2H]C([2H])(C)C([2H])([2H])c1cccc(C([2H])([2H])C([2H])([2H])C)c1.[2H]C([2H])(C)c1cccc(C([2H])([2H])C([2H])([2H])C)c1.[2H]C([2H])(C)c1cccc(C([2H])([2H])C)c1. The largest absolute Gasteiger partial charge is 0.0654 e. The summed E-state index contributed by atoms with van der Waals surface area (Å²) in [5.74, 6) is 5.31. The van der Waals surface area contributed by atoms with Crippen LogP contribution in [0.4, 0.5) is 0 Å². The lowest BCUT2D eigenvalue weighted by atomic mass is 9.78. The molecule has 10 rings (SSSR count). The van der Waals surface area contributed by atoms with Crippen LogP contribution in [0.25, 0.3) is 0 Å². The van der Waals surface area contributed by atoms with Gasteiger partial charge in [0, 0.05) is 35.6 Å². The molecule has 0 heteroatoms. The van der Waals surface area contributed by atoms with Gasteiger partial charge in [-0.3, -0.25) is 0 Å². The van der Waals surface area contributed by atoms with E-state index in [9.17, 15) is 0 Å². The summed E-state index contributed by atoms with van der Waals surface area (Å²) < 4.78 is 200. The molecule has 0 saturated heterocycles. The zero-order valence-corrected chi connectivity index (χ0v) is 75.0. The summed E-state index contributed by atoms with van der Waals surface area (Å²) in [4.78, 5) is 0. The van der Waals surface area contributed by atoms with Gasteiger partial charge in [0.25, 0.3) is 0 Å². The summed E-state index contributed by atoms with van der Waals surface area (Å²) >= 11 is 0. The molecule has 8 atom stereocenters. The number of rotatable bonds is 31. The van der Waals surface area contributed by atoms with Gasteiger partial charge in [0.05, 0.1) is 0 Å². The molecule has 0 heterocycles. The number of hydrogen-bond acceptors (Lipinski definition) is 0. The van der Waals surface area contributed by atoms with Gasteiger partial charge in [-0.2, -0.15) is 0 Å². The molecule has 4 saturated carbocycles. The topological polar surface area (TPSA) is 0 Å². The molecule has 0 spiro atoms. The zero-order chi connectivity index (χ0) is 105. The molecule has 111 heavy (non-hydrogen) atoms. The van der Waals surface area contributed by atoms with E-state index < -0.39 is 94.7 Å². The highest BCUT2D eigenvalue weighted by Gasteiger charge is 2.23. The van der Waals surface area contributed by atoms with Crippen LogP contribution in [0.5, 0.6) is 0 Å². The van der Waals surface area contributed by atoms with Crippen LogP contribution in [0, 0.1) is 47.3 Å². The van der Waals surface area contributed by atoms with Crippen molar-refractivity contribution < 1.29 is 35.6 Å². The molecule has 0 aliphatic heterocycles. The Morgan fingerprint density at radius 2 is 0.450 bits per heavy atom. The van der Waals surface area contributed by atoms with Gasteiger partial charge < -0.3 is 0 Å². The predicted molar refractivity (Wildman–Crippen MR) is 506 cm³/mol. The lowest BCUT2D eigenvalue weighted by molar-refractivity contribution is 0.242. The first-order chi connectivity index (χ1) is 63.3. The molecule has 4 fully saturated rings. The van der Waals surface area contributed by atoms with Gasteiger partial charge in [-0.15, -0.1) is 0 Å². The highest BCUT2D eigenvalue weighted by atomic mass is 14.3. The molecule has 0 radical (unpaired) electrons. The average Bonchev–Trinajstić information content (AvgIpc) is 0.773. The van der Waals surface area contributed by atoms with Crippen molar-refractivity contribution in [1.29, 1.82) is 0 Å². The Morgan fingerprint density at radius 1 is 0.234 bits per heavy atom. The Kier molecular flexibility index (Phi) is 43.6. The van der Waals surface area contributed by atoms with Crippen molar-refractivity contribution >= 4 is 0 Å². The summed E-state index contributed by atoms with van der Waals surface area (Å²) in [6, 6.07) is 44.6. The van der Waals surface area contributed by atoms with Gasteiger partial charge in [-0.1, -0.05) is 483 Å². The molecule has 0 amide bonds. The monoisotopic (exact) mass is 1550 g/mol. The molecular weight excluding hydrogens is 1330 g/mol. The van der Waals surface area contributed by atoms with Gasteiger partial charge >= 0.3 is 0 Å². The van der Waals surface area contributed by atoms with Crippen molar-refractivity contribution in [3.63, 3.8) is 0 Å². The Balaban J connectivity index is 0.000000768. The summed E-state index contributed by atoms with van der Waals surface area (Å²) in [6.07, 6.45) is 18.3. The first kappa shape index (κ1) is 67.4. The highest BCUT2D eigenvalue weighted by molar-refractivity contribution is 5.27. The van der Waals surface area contributed by atoms with E-state index in [1.165, 1.54) is 278 Å². The van der Waals surface area contributed by atoms with Crippen LogP contribution in [0.2, 0.25) is 0 Å². The molecule has 0 aromatic heterocycles. The normalized spacial score (nSPS) is 24.0. The zero-order valence-electron chi connectivity index (χ0n) is 101. The van der Waals surface area contributed by atoms with Crippen LogP contribution in [-0.4, -0.2) is 0 Å². The van der Waals surface area contributed by atoms with Crippen molar-refractivity contribution in [3.8, 4) is 0 Å². The second-order valence-corrected chi connectivity index (χ2v) is 31.0. The predicted octanol–water partition coefficient (Wildman–Crippen LogP) is 35.6. The Hall–Kier alpha value is -4.68. The van der Waals surface area contributed by atoms with E-state index in [-0.39, 0.29) is 23.1 Å². The Morgan fingerprint density at radius 3 is 0.721 bits per heavy atom. The van der Waals surface area contributed by atoms with E-state index in [1.54, 1.807) is 42.8 Å². The summed E-state index contributed by atoms with van der Waals surface area (Å²) in [6.45, 7) is 37.4. The number of benzene rings is 6. The lowest BCUT2D eigenvalue weighted by Gasteiger charge is -2.28. The van der Waals surface area contributed by atoms with Crippen molar-refractivity contribution in [2.75, 3.05) is 0 Å². The van der Waals surface area contributed by atoms with Crippen molar-refractivity contribution in [2.45, 2.75) is 440 Å². The Labute approximate surface area is 732 Å². The number of hydrogen-bond donors (Lipinski definition) is 0. The third-order valence-corrected chi connectivity index (χ3v) is 21.9. The maximum absolute atomic E-state index is 8.00. The molecule has 0 nitrogen and oxygen atoms in total. The first-order valence-corrected chi connectivity index (χ1v) is 44.8. The van der Waals surface area contributed by atoms with Crippen molar-refractivity contribution in [1.82, 2.24) is 0 Å². The van der Waals surface area contributed by atoms with Crippen LogP contribution in [0.3, 0.4) is 0 Å². The molecule has 6 aromatic carbocycles. The molecular formula is C111H186. The second kappa shape index (κ2) is 71.8. The maximum atomic E-state index is 8.00. The van der Waals surface area contributed by atoms with Gasteiger partial charge in [0.2, 0.25) is 0 Å². The minimum Gasteiger partial charge on any atom is -0.0654 e. The molecule has 0 bridgehead atoms. The van der Waals surface area contributed by atoms with Crippen LogP contribution in [-0.2, 0) is 76.8 Å². The first-order valence-electron chi connectivity index (χ1n) is 57.8. The molecule has 4 aliphatic carbocycles. The van der Waals surface area contributed by atoms with Gasteiger partial charge in [0.1, 0.15) is 0 Å². The van der Waals surface area contributed by atoms with E-state index in [4.69, 9.17) is 35.6 Å². The van der Waals surface area contributed by atoms with Crippen LogP contribution < -0.4 is 0 Å². The molecule has 8 unspecified atom stereocenters. The van der Waals surface area contributed by atoms with Crippen LogP contribution >= 0.6 is 0 Å². The van der Waals surface area contributed by atoms with E-state index in [0.29, 0.717) is 36.0 Å². The smallest absolute Gasteiger partial charge is 0.0316 e. The molecule has 4 aliphatic rings.